The molecule has 1 rings (SSSR count). The fourth-order valence-electron chi connectivity index (χ4n) is 1.41. The first kappa shape index (κ1) is 12.9. The van der Waals surface area contributed by atoms with E-state index in [4.69, 9.17) is 5.73 Å². The van der Waals surface area contributed by atoms with Crippen LogP contribution >= 0.6 is 0 Å². The van der Waals surface area contributed by atoms with Crippen LogP contribution in [-0.2, 0) is 14.4 Å². The van der Waals surface area contributed by atoms with Crippen LogP contribution < -0.4 is 21.7 Å². The van der Waals surface area contributed by atoms with Gasteiger partial charge in [-0.3, -0.25) is 19.7 Å². The molecule has 5 amide bonds. The van der Waals surface area contributed by atoms with E-state index in [9.17, 15) is 19.2 Å². The minimum absolute atomic E-state index is 0.175. The number of hydrogen-bond acceptors (Lipinski definition) is 4. The van der Waals surface area contributed by atoms with Crippen LogP contribution in [0.1, 0.15) is 19.8 Å². The second-order valence-corrected chi connectivity index (χ2v) is 3.74. The molecule has 0 aromatic rings. The lowest BCUT2D eigenvalue weighted by atomic mass is 10.1. The summed E-state index contributed by atoms with van der Waals surface area (Å²) in [5.74, 6) is -1.43. The summed E-state index contributed by atoms with van der Waals surface area (Å²) in [6.45, 7) is 1.44. The Morgan fingerprint density at radius 2 is 2.12 bits per heavy atom. The Kier molecular flexibility index (Phi) is 4.02. The highest BCUT2D eigenvalue weighted by Crippen LogP contribution is 2.04. The van der Waals surface area contributed by atoms with Crippen molar-refractivity contribution in [1.82, 2.24) is 16.0 Å². The summed E-state index contributed by atoms with van der Waals surface area (Å²) in [6, 6.07) is -2.41. The highest BCUT2D eigenvalue weighted by Gasteiger charge is 2.29. The van der Waals surface area contributed by atoms with Gasteiger partial charge in [-0.1, -0.05) is 0 Å². The van der Waals surface area contributed by atoms with Crippen LogP contribution in [0.15, 0.2) is 0 Å². The molecule has 94 valence electrons. The van der Waals surface area contributed by atoms with Gasteiger partial charge in [-0.05, 0) is 13.3 Å². The van der Waals surface area contributed by atoms with Crippen molar-refractivity contribution in [3.8, 4) is 0 Å². The third-order valence-electron chi connectivity index (χ3n) is 2.31. The van der Waals surface area contributed by atoms with E-state index in [1.165, 1.54) is 6.92 Å². The standard InChI is InChI=1S/C9H14N4O4/c1-4(11-9(10)17)7(15)12-5-2-3-6(14)13-8(5)16/h4-5H,2-3H2,1H3,(H,12,15)(H3,10,11,17)(H,13,14,16). The minimum atomic E-state index is -0.835. The maximum atomic E-state index is 11.5. The monoisotopic (exact) mass is 242 g/mol. The van der Waals surface area contributed by atoms with Crippen LogP contribution in [-0.4, -0.2) is 35.8 Å². The van der Waals surface area contributed by atoms with E-state index in [2.05, 4.69) is 16.0 Å². The molecule has 0 saturated carbocycles. The number of carbonyl (C=O) groups is 4. The lowest BCUT2D eigenvalue weighted by Crippen LogP contribution is -2.56. The number of hydrogen-bond donors (Lipinski definition) is 4. The number of nitrogens with one attached hydrogen (secondary N) is 3. The maximum absolute atomic E-state index is 11.5. The molecule has 1 aliphatic heterocycles. The van der Waals surface area contributed by atoms with Crippen LogP contribution in [0.2, 0.25) is 0 Å². The van der Waals surface area contributed by atoms with Crippen molar-refractivity contribution in [2.75, 3.05) is 0 Å². The molecule has 5 N–H and O–H groups in total. The molecule has 0 aromatic heterocycles. The summed E-state index contributed by atoms with van der Waals surface area (Å²) >= 11 is 0. The van der Waals surface area contributed by atoms with Gasteiger partial charge in [-0.25, -0.2) is 4.79 Å². The third kappa shape index (κ3) is 3.74. The number of primary amides is 1. The Morgan fingerprint density at radius 1 is 1.47 bits per heavy atom. The molecular weight excluding hydrogens is 228 g/mol. The Bertz CT molecular complexity index is 368. The van der Waals surface area contributed by atoms with Crippen LogP contribution in [0, 0.1) is 0 Å². The summed E-state index contributed by atoms with van der Waals surface area (Å²) in [4.78, 5) is 44.2. The Labute approximate surface area is 97.3 Å². The number of rotatable bonds is 3. The van der Waals surface area contributed by atoms with Gasteiger partial charge in [-0.2, -0.15) is 0 Å². The van der Waals surface area contributed by atoms with Crippen molar-refractivity contribution >= 4 is 23.8 Å². The number of piperidine rings is 1. The van der Waals surface area contributed by atoms with Gasteiger partial charge in [-0.15, -0.1) is 0 Å². The van der Waals surface area contributed by atoms with Gasteiger partial charge in [0, 0.05) is 6.42 Å². The first-order chi connectivity index (χ1) is 7.90. The molecule has 1 saturated heterocycles. The van der Waals surface area contributed by atoms with Gasteiger partial charge >= 0.3 is 6.03 Å². The van der Waals surface area contributed by atoms with Gasteiger partial charge in [0.25, 0.3) is 0 Å². The lowest BCUT2D eigenvalue weighted by Gasteiger charge is -2.23. The van der Waals surface area contributed by atoms with E-state index in [-0.39, 0.29) is 18.7 Å². The first-order valence-electron chi connectivity index (χ1n) is 5.10. The summed E-state index contributed by atoms with van der Waals surface area (Å²) in [5, 5.41) is 6.71. The SMILES string of the molecule is CC(NC(N)=O)C(=O)NC1CCC(=O)NC1=O. The Hall–Kier alpha value is -2.12. The van der Waals surface area contributed by atoms with Gasteiger partial charge in [0.15, 0.2) is 0 Å². The molecule has 0 spiro atoms. The molecule has 1 aliphatic rings. The van der Waals surface area contributed by atoms with E-state index in [1.54, 1.807) is 0 Å². The molecular formula is C9H14N4O4. The summed E-state index contributed by atoms with van der Waals surface area (Å²) in [6.07, 6.45) is 0.425. The zero-order valence-electron chi connectivity index (χ0n) is 9.28. The third-order valence-corrected chi connectivity index (χ3v) is 2.31. The number of carbonyl (C=O) groups excluding carboxylic acids is 4. The van der Waals surface area contributed by atoms with Crippen molar-refractivity contribution in [3.63, 3.8) is 0 Å². The van der Waals surface area contributed by atoms with Crippen molar-refractivity contribution in [3.05, 3.63) is 0 Å². The molecule has 1 heterocycles. The van der Waals surface area contributed by atoms with Gasteiger partial charge < -0.3 is 16.4 Å². The zero-order valence-corrected chi connectivity index (χ0v) is 9.28. The molecule has 17 heavy (non-hydrogen) atoms. The van der Waals surface area contributed by atoms with E-state index in [0.717, 1.165) is 0 Å². The molecule has 2 atom stereocenters. The molecule has 1 fully saturated rings. The smallest absolute Gasteiger partial charge is 0.312 e. The fraction of sp³-hybridized carbons (Fsp3) is 0.556. The van der Waals surface area contributed by atoms with Gasteiger partial charge in [0.1, 0.15) is 12.1 Å². The van der Waals surface area contributed by atoms with Crippen LogP contribution in [0.3, 0.4) is 0 Å². The van der Waals surface area contributed by atoms with Crippen molar-refractivity contribution in [2.24, 2.45) is 5.73 Å². The lowest BCUT2D eigenvalue weighted by molar-refractivity contribution is -0.137. The van der Waals surface area contributed by atoms with E-state index < -0.39 is 29.9 Å². The van der Waals surface area contributed by atoms with Crippen molar-refractivity contribution in [2.45, 2.75) is 31.8 Å². The molecule has 0 bridgehead atoms. The Balaban J connectivity index is 2.48. The van der Waals surface area contributed by atoms with Gasteiger partial charge in [0.05, 0.1) is 0 Å². The van der Waals surface area contributed by atoms with Crippen molar-refractivity contribution in [1.29, 1.82) is 0 Å². The molecule has 0 aromatic carbocycles. The van der Waals surface area contributed by atoms with E-state index >= 15 is 0 Å². The molecule has 8 heteroatoms. The average molecular weight is 242 g/mol. The molecule has 2 unspecified atom stereocenters. The molecule has 0 radical (unpaired) electrons. The van der Waals surface area contributed by atoms with Crippen molar-refractivity contribution < 1.29 is 19.2 Å². The topological polar surface area (TPSA) is 130 Å². The molecule has 8 nitrogen and oxygen atoms in total. The normalized spacial score (nSPS) is 21.4. The Morgan fingerprint density at radius 3 is 2.65 bits per heavy atom. The number of amides is 5. The van der Waals surface area contributed by atoms with Crippen LogP contribution in [0.25, 0.3) is 0 Å². The summed E-state index contributed by atoms with van der Waals surface area (Å²) in [5.41, 5.74) is 4.86. The largest absolute Gasteiger partial charge is 0.352 e. The van der Waals surface area contributed by atoms with E-state index in [0.29, 0.717) is 0 Å². The highest BCUT2D eigenvalue weighted by atomic mass is 16.2. The average Bonchev–Trinajstić information content (AvgIpc) is 2.21. The predicted octanol–water partition coefficient (Wildman–Crippen LogP) is -2.04. The maximum Gasteiger partial charge on any atom is 0.312 e. The molecule has 0 aliphatic carbocycles. The number of nitrogens with two attached hydrogens (primary N) is 1. The predicted molar refractivity (Wildman–Crippen MR) is 56.5 cm³/mol. The quantitative estimate of drug-likeness (QED) is 0.425. The second kappa shape index (κ2) is 5.28. The summed E-state index contributed by atoms with van der Waals surface area (Å²) < 4.78 is 0. The summed E-state index contributed by atoms with van der Waals surface area (Å²) in [7, 11) is 0. The van der Waals surface area contributed by atoms with Crippen LogP contribution in [0.5, 0.6) is 0 Å². The zero-order chi connectivity index (χ0) is 13.0. The number of imide groups is 1. The highest BCUT2D eigenvalue weighted by molar-refractivity contribution is 6.02. The second-order valence-electron chi connectivity index (χ2n) is 3.74. The number of urea groups is 1. The van der Waals surface area contributed by atoms with Crippen LogP contribution in [0.4, 0.5) is 4.79 Å². The fourth-order valence-corrected chi connectivity index (χ4v) is 1.41. The van der Waals surface area contributed by atoms with Gasteiger partial charge in [0.2, 0.25) is 17.7 Å². The first-order valence-corrected chi connectivity index (χ1v) is 5.10. The van der Waals surface area contributed by atoms with E-state index in [1.807, 2.05) is 0 Å². The minimum Gasteiger partial charge on any atom is -0.352 e.